The zero-order valence-electron chi connectivity index (χ0n) is 14.6. The second-order valence-corrected chi connectivity index (χ2v) is 6.97. The molecule has 1 N–H and O–H groups in total. The minimum Gasteiger partial charge on any atom is -0.442 e. The van der Waals surface area contributed by atoms with Crippen molar-refractivity contribution in [2.24, 2.45) is 0 Å². The number of ether oxygens (including phenoxy) is 1. The van der Waals surface area contributed by atoms with Crippen LogP contribution in [0.1, 0.15) is 18.1 Å². The van der Waals surface area contributed by atoms with Crippen LogP contribution in [0.5, 0.6) is 0 Å². The van der Waals surface area contributed by atoms with Crippen LogP contribution in [0.25, 0.3) is 10.6 Å². The van der Waals surface area contributed by atoms with Crippen molar-refractivity contribution in [1.82, 2.24) is 5.32 Å². The molecule has 1 aliphatic heterocycles. The van der Waals surface area contributed by atoms with Crippen molar-refractivity contribution >= 4 is 44.2 Å². The van der Waals surface area contributed by atoms with Crippen molar-refractivity contribution in [3.05, 3.63) is 65.5 Å². The van der Waals surface area contributed by atoms with Gasteiger partial charge in [-0.3, -0.25) is 9.69 Å². The smallest absolute Gasteiger partial charge is 0.414 e. The maximum absolute atomic E-state index is 14.6. The van der Waals surface area contributed by atoms with Crippen molar-refractivity contribution in [3.63, 3.8) is 0 Å². The fraction of sp³-hybridized carbons (Fsp3) is 0.200. The number of hydrogen-bond donors (Lipinski definition) is 1. The van der Waals surface area contributed by atoms with Crippen LogP contribution < -0.4 is 10.2 Å². The summed E-state index contributed by atoms with van der Waals surface area (Å²) in [5.41, 5.74) is 1.75. The van der Waals surface area contributed by atoms with Gasteiger partial charge in [0.25, 0.3) is 0 Å². The quantitative estimate of drug-likeness (QED) is 0.720. The van der Waals surface area contributed by atoms with Gasteiger partial charge in [0.05, 0.1) is 18.8 Å². The summed E-state index contributed by atoms with van der Waals surface area (Å²) >= 11 is 3.46. The Hall–Kier alpha value is -2.67. The summed E-state index contributed by atoms with van der Waals surface area (Å²) in [6, 6.07) is 14.1. The van der Waals surface area contributed by atoms with Crippen LogP contribution in [0, 0.1) is 5.82 Å². The van der Waals surface area contributed by atoms with E-state index < -0.39 is 18.0 Å². The highest BCUT2D eigenvalue weighted by Crippen LogP contribution is 2.28. The number of anilines is 1. The van der Waals surface area contributed by atoms with E-state index in [2.05, 4.69) is 21.2 Å². The molecule has 1 fully saturated rings. The fourth-order valence-corrected chi connectivity index (χ4v) is 3.23. The second kappa shape index (κ2) is 8.35. The molecule has 5 nitrogen and oxygen atoms in total. The number of cyclic esters (lactones) is 1. The lowest BCUT2D eigenvalue weighted by atomic mass is 10.1. The summed E-state index contributed by atoms with van der Waals surface area (Å²) in [5.74, 6) is -0.644. The lowest BCUT2D eigenvalue weighted by molar-refractivity contribution is -0.119. The van der Waals surface area contributed by atoms with E-state index >= 15 is 0 Å². The average Bonchev–Trinajstić information content (AvgIpc) is 3.03. The largest absolute Gasteiger partial charge is 0.442 e. The summed E-state index contributed by atoms with van der Waals surface area (Å²) in [6.07, 6.45) is 0.672. The number of amides is 2. The molecular formula is C20H18BrFN2O3. The highest BCUT2D eigenvalue weighted by molar-refractivity contribution is 9.15. The van der Waals surface area contributed by atoms with Crippen LogP contribution in [0.3, 0.4) is 0 Å². The van der Waals surface area contributed by atoms with E-state index in [1.807, 2.05) is 30.3 Å². The van der Waals surface area contributed by atoms with Crippen molar-refractivity contribution in [3.8, 4) is 0 Å². The first-order chi connectivity index (χ1) is 12.9. The van der Waals surface area contributed by atoms with Crippen LogP contribution in [-0.4, -0.2) is 31.2 Å². The Morgan fingerprint density at radius 3 is 2.74 bits per heavy atom. The molecule has 0 unspecified atom stereocenters. The van der Waals surface area contributed by atoms with Gasteiger partial charge in [-0.1, -0.05) is 46.3 Å². The highest BCUT2D eigenvalue weighted by atomic mass is 79.9. The number of carbonyl (C=O) groups is 2. The summed E-state index contributed by atoms with van der Waals surface area (Å²) in [6.45, 7) is 1.87. The van der Waals surface area contributed by atoms with E-state index in [1.165, 1.54) is 17.9 Å². The number of nitrogens with one attached hydrogen (secondary N) is 1. The number of nitrogens with zero attached hydrogens (tertiary/aromatic N) is 1. The Morgan fingerprint density at radius 2 is 2.07 bits per heavy atom. The van der Waals surface area contributed by atoms with Gasteiger partial charge >= 0.3 is 6.09 Å². The first-order valence-electron chi connectivity index (χ1n) is 8.39. The average molecular weight is 433 g/mol. The van der Waals surface area contributed by atoms with E-state index in [0.717, 1.165) is 10.0 Å². The van der Waals surface area contributed by atoms with Gasteiger partial charge in [0, 0.05) is 17.0 Å². The summed E-state index contributed by atoms with van der Waals surface area (Å²) in [4.78, 5) is 24.4. The molecule has 0 aliphatic carbocycles. The molecule has 1 aliphatic rings. The molecule has 2 aromatic carbocycles. The molecule has 0 aromatic heterocycles. The first-order valence-corrected chi connectivity index (χ1v) is 9.18. The van der Waals surface area contributed by atoms with Gasteiger partial charge in [0.15, 0.2) is 0 Å². The normalized spacial score (nSPS) is 17.0. The molecule has 1 heterocycles. The number of hydrogen-bond acceptors (Lipinski definition) is 3. The van der Waals surface area contributed by atoms with E-state index in [0.29, 0.717) is 11.3 Å². The van der Waals surface area contributed by atoms with Crippen LogP contribution in [0.4, 0.5) is 14.9 Å². The lowest BCUT2D eigenvalue weighted by Crippen LogP contribution is -2.33. The molecule has 0 bridgehead atoms. The first kappa shape index (κ1) is 19.1. The summed E-state index contributed by atoms with van der Waals surface area (Å²) < 4.78 is 20.5. The second-order valence-electron chi connectivity index (χ2n) is 6.12. The molecular weight excluding hydrogens is 415 g/mol. The number of carbonyl (C=O) groups excluding carboxylic acids is 2. The molecule has 1 atom stereocenters. The Balaban J connectivity index is 1.75. The summed E-state index contributed by atoms with van der Waals surface area (Å²) in [7, 11) is 0. The maximum Gasteiger partial charge on any atom is 0.414 e. The molecule has 0 spiro atoms. The molecule has 2 aromatic rings. The van der Waals surface area contributed by atoms with Crippen LogP contribution in [0.2, 0.25) is 0 Å². The molecule has 7 heteroatoms. The third kappa shape index (κ3) is 4.74. The topological polar surface area (TPSA) is 58.6 Å². The van der Waals surface area contributed by atoms with Crippen molar-refractivity contribution < 1.29 is 18.7 Å². The van der Waals surface area contributed by atoms with Crippen LogP contribution >= 0.6 is 15.9 Å². The van der Waals surface area contributed by atoms with Gasteiger partial charge in [0.2, 0.25) is 5.91 Å². The Bertz CT molecular complexity index is 886. The Labute approximate surface area is 164 Å². The van der Waals surface area contributed by atoms with Gasteiger partial charge < -0.3 is 10.1 Å². The number of halogens is 2. The number of benzene rings is 2. The molecule has 2 amide bonds. The van der Waals surface area contributed by atoms with Crippen molar-refractivity contribution in [1.29, 1.82) is 0 Å². The maximum atomic E-state index is 14.6. The monoisotopic (exact) mass is 432 g/mol. The van der Waals surface area contributed by atoms with Crippen LogP contribution in [0.15, 0.2) is 48.5 Å². The van der Waals surface area contributed by atoms with E-state index in [4.69, 9.17) is 4.74 Å². The third-order valence-electron chi connectivity index (χ3n) is 4.08. The minimum absolute atomic E-state index is 0.198. The Morgan fingerprint density at radius 1 is 1.33 bits per heavy atom. The zero-order chi connectivity index (χ0) is 19.4. The van der Waals surface area contributed by atoms with Gasteiger partial charge in [-0.05, 0) is 29.8 Å². The van der Waals surface area contributed by atoms with Crippen molar-refractivity contribution in [2.45, 2.75) is 13.0 Å². The molecule has 140 valence electrons. The molecule has 0 radical (unpaired) electrons. The van der Waals surface area contributed by atoms with Gasteiger partial charge in [0.1, 0.15) is 11.9 Å². The zero-order valence-corrected chi connectivity index (χ0v) is 16.2. The molecule has 0 saturated carbocycles. The molecule has 3 rings (SSSR count). The highest BCUT2D eigenvalue weighted by Gasteiger charge is 2.32. The van der Waals surface area contributed by atoms with Crippen molar-refractivity contribution in [2.75, 3.05) is 18.0 Å². The number of rotatable bonds is 5. The van der Waals surface area contributed by atoms with Crippen LogP contribution in [-0.2, 0) is 9.53 Å². The summed E-state index contributed by atoms with van der Waals surface area (Å²) in [5, 5.41) is 2.61. The van der Waals surface area contributed by atoms with Gasteiger partial charge in [-0.15, -0.1) is 0 Å². The Kier molecular flexibility index (Phi) is 5.91. The van der Waals surface area contributed by atoms with Gasteiger partial charge in [-0.25, -0.2) is 9.18 Å². The molecule has 1 saturated heterocycles. The third-order valence-corrected chi connectivity index (χ3v) is 4.77. The fourth-order valence-electron chi connectivity index (χ4n) is 2.71. The van der Waals surface area contributed by atoms with Gasteiger partial charge in [-0.2, -0.15) is 0 Å². The SMILES string of the molecule is CC(=O)NC[C@H]1CN(c2ccc(/C=C(\Br)c3ccccc3)c(F)c2)C(=O)O1. The van der Waals surface area contributed by atoms with E-state index in [1.54, 1.807) is 18.2 Å². The minimum atomic E-state index is -0.557. The van der Waals surface area contributed by atoms with E-state index in [-0.39, 0.29) is 19.0 Å². The predicted octanol–water partition coefficient (Wildman–Crippen LogP) is 4.18. The predicted molar refractivity (Wildman–Crippen MR) is 106 cm³/mol. The van der Waals surface area contributed by atoms with E-state index in [9.17, 15) is 14.0 Å². The standard InChI is InChI=1S/C20H18BrFN2O3/c1-13(25)23-11-17-12-24(20(26)27-17)16-8-7-15(19(22)10-16)9-18(21)14-5-3-2-4-6-14/h2-10,17H,11-12H2,1H3,(H,23,25)/b18-9-/t17-/m0/s1. The molecule has 27 heavy (non-hydrogen) atoms. The lowest BCUT2D eigenvalue weighted by Gasteiger charge is -2.14.